The van der Waals surface area contributed by atoms with E-state index < -0.39 is 11.9 Å². The van der Waals surface area contributed by atoms with Gasteiger partial charge in [0.15, 0.2) is 6.61 Å². The van der Waals surface area contributed by atoms with E-state index in [-0.39, 0.29) is 31.0 Å². The molecule has 0 aliphatic heterocycles. The average Bonchev–Trinajstić information content (AvgIpc) is 2.78. The SMILES string of the molecule is C[C@H](C(=O)NC1CCCCC1)N(Cc1ccccc1F)C(=O)COc1ccc(Br)cc1. The van der Waals surface area contributed by atoms with Crippen molar-refractivity contribution < 1.29 is 18.7 Å². The van der Waals surface area contributed by atoms with E-state index in [9.17, 15) is 14.0 Å². The van der Waals surface area contributed by atoms with Gasteiger partial charge in [-0.2, -0.15) is 0 Å². The molecule has 2 aromatic rings. The monoisotopic (exact) mass is 490 g/mol. The van der Waals surface area contributed by atoms with Crippen molar-refractivity contribution in [3.63, 3.8) is 0 Å². The molecule has 2 aromatic carbocycles. The maximum Gasteiger partial charge on any atom is 0.261 e. The fourth-order valence-corrected chi connectivity index (χ4v) is 3.98. The molecule has 0 aromatic heterocycles. The zero-order valence-corrected chi connectivity index (χ0v) is 19.2. The number of halogens is 2. The number of ether oxygens (including phenoxy) is 1. The van der Waals surface area contributed by atoms with Crippen LogP contribution in [0.25, 0.3) is 0 Å². The van der Waals surface area contributed by atoms with Crippen LogP contribution in [-0.2, 0) is 16.1 Å². The summed E-state index contributed by atoms with van der Waals surface area (Å²) in [4.78, 5) is 27.3. The number of carbonyl (C=O) groups is 2. The summed E-state index contributed by atoms with van der Waals surface area (Å²) in [5.74, 6) is -0.464. The second kappa shape index (κ2) is 11.3. The number of hydrogen-bond donors (Lipinski definition) is 1. The average molecular weight is 491 g/mol. The molecule has 2 amide bonds. The molecule has 1 atom stereocenters. The molecule has 0 saturated heterocycles. The lowest BCUT2D eigenvalue weighted by Crippen LogP contribution is -2.51. The van der Waals surface area contributed by atoms with Gasteiger partial charge in [-0.25, -0.2) is 4.39 Å². The first-order valence-corrected chi connectivity index (χ1v) is 11.4. The number of carbonyl (C=O) groups excluding carboxylic acids is 2. The Morgan fingerprint density at radius 1 is 1.13 bits per heavy atom. The summed E-state index contributed by atoms with van der Waals surface area (Å²) in [5.41, 5.74) is 0.358. The minimum Gasteiger partial charge on any atom is -0.484 e. The highest BCUT2D eigenvalue weighted by Gasteiger charge is 2.29. The van der Waals surface area contributed by atoms with E-state index in [0.717, 1.165) is 30.2 Å². The highest BCUT2D eigenvalue weighted by atomic mass is 79.9. The van der Waals surface area contributed by atoms with Crippen molar-refractivity contribution in [3.8, 4) is 5.75 Å². The van der Waals surface area contributed by atoms with Crippen LogP contribution in [0.3, 0.4) is 0 Å². The summed E-state index contributed by atoms with van der Waals surface area (Å²) < 4.78 is 20.8. The highest BCUT2D eigenvalue weighted by molar-refractivity contribution is 9.10. The number of hydrogen-bond acceptors (Lipinski definition) is 3. The van der Waals surface area contributed by atoms with Crippen LogP contribution in [0.5, 0.6) is 5.75 Å². The molecule has 1 aliphatic carbocycles. The maximum absolute atomic E-state index is 14.3. The highest BCUT2D eigenvalue weighted by Crippen LogP contribution is 2.19. The summed E-state index contributed by atoms with van der Waals surface area (Å²) in [6, 6.07) is 12.8. The topological polar surface area (TPSA) is 58.6 Å². The molecule has 0 heterocycles. The molecule has 1 fully saturated rings. The second-order valence-corrected chi connectivity index (χ2v) is 8.79. The lowest BCUT2D eigenvalue weighted by Gasteiger charge is -2.31. The lowest BCUT2D eigenvalue weighted by molar-refractivity contribution is -0.142. The van der Waals surface area contributed by atoms with E-state index in [1.165, 1.54) is 17.4 Å². The maximum atomic E-state index is 14.3. The van der Waals surface area contributed by atoms with Gasteiger partial charge >= 0.3 is 0 Å². The van der Waals surface area contributed by atoms with E-state index >= 15 is 0 Å². The van der Waals surface area contributed by atoms with Crippen LogP contribution in [0.4, 0.5) is 4.39 Å². The van der Waals surface area contributed by atoms with E-state index in [0.29, 0.717) is 11.3 Å². The molecule has 1 saturated carbocycles. The molecule has 0 spiro atoms. The third-order valence-corrected chi connectivity index (χ3v) is 6.12. The summed E-state index contributed by atoms with van der Waals surface area (Å²) in [6.45, 7) is 1.43. The van der Waals surface area contributed by atoms with Crippen LogP contribution >= 0.6 is 15.9 Å². The minimum atomic E-state index is -0.748. The summed E-state index contributed by atoms with van der Waals surface area (Å²) in [6.07, 6.45) is 5.28. The predicted octanol–water partition coefficient (Wildman–Crippen LogP) is 4.83. The molecule has 7 heteroatoms. The molecule has 166 valence electrons. The Morgan fingerprint density at radius 2 is 1.81 bits per heavy atom. The Labute approximate surface area is 191 Å². The summed E-state index contributed by atoms with van der Waals surface area (Å²) in [5, 5.41) is 3.06. The Morgan fingerprint density at radius 3 is 2.48 bits per heavy atom. The van der Waals surface area contributed by atoms with Gasteiger partial charge in [0, 0.05) is 22.6 Å². The van der Waals surface area contributed by atoms with Crippen molar-refractivity contribution in [3.05, 3.63) is 64.4 Å². The number of nitrogens with zero attached hydrogens (tertiary/aromatic N) is 1. The first-order chi connectivity index (χ1) is 14.9. The van der Waals surface area contributed by atoms with Crippen LogP contribution < -0.4 is 10.1 Å². The Bertz CT molecular complexity index is 885. The van der Waals surface area contributed by atoms with Crippen molar-refractivity contribution in [2.24, 2.45) is 0 Å². The molecular weight excluding hydrogens is 463 g/mol. The molecular formula is C24H28BrFN2O3. The van der Waals surface area contributed by atoms with Crippen molar-refractivity contribution in [2.45, 2.75) is 57.7 Å². The minimum absolute atomic E-state index is 0.00550. The van der Waals surface area contributed by atoms with E-state index in [1.807, 2.05) is 12.1 Å². The predicted molar refractivity (Wildman–Crippen MR) is 121 cm³/mol. The van der Waals surface area contributed by atoms with Crippen LogP contribution in [0.2, 0.25) is 0 Å². The third kappa shape index (κ3) is 6.79. The number of benzene rings is 2. The summed E-state index contributed by atoms with van der Waals surface area (Å²) in [7, 11) is 0. The van der Waals surface area contributed by atoms with E-state index in [4.69, 9.17) is 4.74 Å². The van der Waals surface area contributed by atoms with Gasteiger partial charge in [0.2, 0.25) is 5.91 Å². The standard InChI is InChI=1S/C24H28BrFN2O3/c1-17(24(30)27-20-8-3-2-4-9-20)28(15-18-7-5-6-10-22(18)26)23(29)16-31-21-13-11-19(25)12-14-21/h5-7,10-14,17,20H,2-4,8-9,15-16H2,1H3,(H,27,30)/t17-/m1/s1. The normalized spacial score (nSPS) is 15.2. The summed E-state index contributed by atoms with van der Waals surface area (Å²) >= 11 is 3.36. The number of rotatable bonds is 8. The first-order valence-electron chi connectivity index (χ1n) is 10.7. The van der Waals surface area contributed by atoms with Crippen LogP contribution in [0.1, 0.15) is 44.6 Å². The van der Waals surface area contributed by atoms with Gasteiger partial charge in [-0.05, 0) is 50.1 Å². The number of nitrogens with one attached hydrogen (secondary N) is 1. The molecule has 31 heavy (non-hydrogen) atoms. The van der Waals surface area contributed by atoms with E-state index in [2.05, 4.69) is 21.2 Å². The van der Waals surface area contributed by atoms with Crippen molar-refractivity contribution in [1.82, 2.24) is 10.2 Å². The molecule has 5 nitrogen and oxygen atoms in total. The number of amides is 2. The van der Waals surface area contributed by atoms with Crippen molar-refractivity contribution in [1.29, 1.82) is 0 Å². The molecule has 0 radical (unpaired) electrons. The van der Waals surface area contributed by atoms with Gasteiger partial charge in [-0.3, -0.25) is 9.59 Å². The van der Waals surface area contributed by atoms with E-state index in [1.54, 1.807) is 37.3 Å². The zero-order chi connectivity index (χ0) is 22.2. The lowest BCUT2D eigenvalue weighted by atomic mass is 9.95. The fourth-order valence-electron chi connectivity index (χ4n) is 3.72. The molecule has 0 bridgehead atoms. The van der Waals surface area contributed by atoms with Gasteiger partial charge in [-0.1, -0.05) is 53.4 Å². The van der Waals surface area contributed by atoms with Gasteiger partial charge in [0.1, 0.15) is 17.6 Å². The smallest absolute Gasteiger partial charge is 0.261 e. The van der Waals surface area contributed by atoms with Crippen molar-refractivity contribution in [2.75, 3.05) is 6.61 Å². The third-order valence-electron chi connectivity index (χ3n) is 5.59. The largest absolute Gasteiger partial charge is 0.484 e. The van der Waals surface area contributed by atoms with Gasteiger partial charge in [0.25, 0.3) is 5.91 Å². The molecule has 1 N–H and O–H groups in total. The second-order valence-electron chi connectivity index (χ2n) is 7.88. The zero-order valence-electron chi connectivity index (χ0n) is 17.7. The van der Waals surface area contributed by atoms with Gasteiger partial charge < -0.3 is 15.0 Å². The van der Waals surface area contributed by atoms with Crippen LogP contribution in [0.15, 0.2) is 53.0 Å². The quantitative estimate of drug-likeness (QED) is 0.576. The Kier molecular flexibility index (Phi) is 8.46. The molecule has 0 unspecified atom stereocenters. The molecule has 3 rings (SSSR count). The van der Waals surface area contributed by atoms with Gasteiger partial charge in [0.05, 0.1) is 0 Å². The van der Waals surface area contributed by atoms with Crippen LogP contribution in [-0.4, -0.2) is 35.4 Å². The fraction of sp³-hybridized carbons (Fsp3) is 0.417. The van der Waals surface area contributed by atoms with Gasteiger partial charge in [-0.15, -0.1) is 0 Å². The first kappa shape index (κ1) is 23.3. The van der Waals surface area contributed by atoms with Crippen LogP contribution in [0, 0.1) is 5.82 Å². The Balaban J connectivity index is 1.71. The molecule has 1 aliphatic rings. The Hall–Kier alpha value is -2.41. The van der Waals surface area contributed by atoms with Crippen molar-refractivity contribution >= 4 is 27.7 Å².